The van der Waals surface area contributed by atoms with Crippen LogP contribution in [0.5, 0.6) is 0 Å². The molecule has 2 atom stereocenters. The average Bonchev–Trinajstić information content (AvgIpc) is 2.80. The van der Waals surface area contributed by atoms with Gasteiger partial charge in [0.05, 0.1) is 4.92 Å². The number of fused-ring (bicyclic) bond motifs is 1. The number of carbonyl (C=O) groups is 1. The van der Waals surface area contributed by atoms with Crippen LogP contribution in [0.25, 0.3) is 0 Å². The molecule has 2 aliphatic rings. The van der Waals surface area contributed by atoms with Gasteiger partial charge in [0.25, 0.3) is 11.6 Å². The minimum Gasteiger partial charge on any atom is -0.267 e. The number of allylic oxidation sites excluding steroid dienone is 2. The van der Waals surface area contributed by atoms with Crippen molar-refractivity contribution in [1.29, 1.82) is 0 Å². The molecule has 0 saturated heterocycles. The third-order valence-electron chi connectivity index (χ3n) is 3.80. The van der Waals surface area contributed by atoms with Gasteiger partial charge in [0.15, 0.2) is 0 Å². The minimum atomic E-state index is -0.497. The lowest BCUT2D eigenvalue weighted by atomic mass is 9.74. The molecule has 0 bridgehead atoms. The van der Waals surface area contributed by atoms with Crippen LogP contribution < -0.4 is 5.43 Å². The lowest BCUT2D eigenvalue weighted by molar-refractivity contribution is -0.384. The largest absolute Gasteiger partial charge is 0.271 e. The molecule has 6 nitrogen and oxygen atoms in total. The number of nitro benzene ring substituents is 1. The second-order valence-electron chi connectivity index (χ2n) is 4.99. The van der Waals surface area contributed by atoms with Gasteiger partial charge in [-0.2, -0.15) is 5.10 Å². The SMILES string of the molecule is O=C(N/N=C1/CC2C=CCC12)c1ccc([N+](=O)[O-])cc1. The van der Waals surface area contributed by atoms with Crippen molar-refractivity contribution in [3.63, 3.8) is 0 Å². The van der Waals surface area contributed by atoms with E-state index in [2.05, 4.69) is 22.7 Å². The summed E-state index contributed by atoms with van der Waals surface area (Å²) in [4.78, 5) is 21.9. The lowest BCUT2D eigenvalue weighted by Gasteiger charge is -2.31. The predicted molar refractivity (Wildman–Crippen MR) is 73.4 cm³/mol. The molecule has 1 aromatic rings. The highest BCUT2D eigenvalue weighted by molar-refractivity contribution is 5.98. The molecule has 0 radical (unpaired) electrons. The van der Waals surface area contributed by atoms with Gasteiger partial charge in [-0.25, -0.2) is 5.43 Å². The molecule has 0 aliphatic heterocycles. The van der Waals surface area contributed by atoms with Crippen molar-refractivity contribution in [1.82, 2.24) is 5.43 Å². The zero-order valence-corrected chi connectivity index (χ0v) is 10.7. The Morgan fingerprint density at radius 2 is 2.10 bits per heavy atom. The molecular weight excluding hydrogens is 258 g/mol. The first-order valence-corrected chi connectivity index (χ1v) is 6.43. The Hall–Kier alpha value is -2.50. The fourth-order valence-electron chi connectivity index (χ4n) is 2.58. The molecule has 0 spiro atoms. The zero-order valence-electron chi connectivity index (χ0n) is 10.7. The number of nitrogens with zero attached hydrogens (tertiary/aromatic N) is 2. The third kappa shape index (κ3) is 2.20. The highest BCUT2D eigenvalue weighted by Crippen LogP contribution is 2.40. The predicted octanol–water partition coefficient (Wildman–Crippen LogP) is 2.28. The molecule has 2 aliphatic carbocycles. The molecule has 1 N–H and O–H groups in total. The maximum atomic E-state index is 11.9. The Labute approximate surface area is 115 Å². The van der Waals surface area contributed by atoms with Gasteiger partial charge in [0, 0.05) is 29.3 Å². The van der Waals surface area contributed by atoms with E-state index in [1.54, 1.807) is 0 Å². The van der Waals surface area contributed by atoms with Gasteiger partial charge in [0.2, 0.25) is 0 Å². The van der Waals surface area contributed by atoms with Crippen LogP contribution in [0.1, 0.15) is 23.2 Å². The van der Waals surface area contributed by atoms with Crippen LogP contribution in [0, 0.1) is 22.0 Å². The smallest absolute Gasteiger partial charge is 0.267 e. The molecule has 0 heterocycles. The van der Waals surface area contributed by atoms with E-state index in [0.29, 0.717) is 17.4 Å². The maximum absolute atomic E-state index is 11.9. The summed E-state index contributed by atoms with van der Waals surface area (Å²) < 4.78 is 0. The number of amides is 1. The van der Waals surface area contributed by atoms with Gasteiger partial charge < -0.3 is 0 Å². The van der Waals surface area contributed by atoms with Crippen LogP contribution in [-0.4, -0.2) is 16.5 Å². The van der Waals surface area contributed by atoms with E-state index in [1.807, 2.05) is 0 Å². The molecule has 6 heteroatoms. The average molecular weight is 271 g/mol. The summed E-state index contributed by atoms with van der Waals surface area (Å²) in [6.45, 7) is 0. The number of hydrogen-bond donors (Lipinski definition) is 1. The summed E-state index contributed by atoms with van der Waals surface area (Å²) in [6.07, 6.45) is 6.25. The van der Waals surface area contributed by atoms with Crippen LogP contribution in [0.4, 0.5) is 5.69 Å². The van der Waals surface area contributed by atoms with E-state index < -0.39 is 4.92 Å². The number of rotatable bonds is 3. The maximum Gasteiger partial charge on any atom is 0.271 e. The Balaban J connectivity index is 1.62. The summed E-state index contributed by atoms with van der Waals surface area (Å²) in [5.74, 6) is 0.694. The highest BCUT2D eigenvalue weighted by atomic mass is 16.6. The first-order valence-electron chi connectivity index (χ1n) is 6.43. The second kappa shape index (κ2) is 4.88. The molecular formula is C14H13N3O3. The summed E-state index contributed by atoms with van der Waals surface area (Å²) in [7, 11) is 0. The second-order valence-corrected chi connectivity index (χ2v) is 4.99. The fourth-order valence-corrected chi connectivity index (χ4v) is 2.58. The first-order chi connectivity index (χ1) is 9.65. The van der Waals surface area contributed by atoms with Crippen molar-refractivity contribution in [2.75, 3.05) is 0 Å². The number of non-ortho nitro benzene ring substituents is 1. The molecule has 2 unspecified atom stereocenters. The van der Waals surface area contributed by atoms with E-state index >= 15 is 0 Å². The van der Waals surface area contributed by atoms with Crippen molar-refractivity contribution in [3.8, 4) is 0 Å². The van der Waals surface area contributed by atoms with Gasteiger partial charge in [-0.15, -0.1) is 0 Å². The molecule has 1 aromatic carbocycles. The van der Waals surface area contributed by atoms with E-state index in [4.69, 9.17) is 0 Å². The lowest BCUT2D eigenvalue weighted by Crippen LogP contribution is -2.35. The van der Waals surface area contributed by atoms with Crippen LogP contribution in [0.15, 0.2) is 41.5 Å². The van der Waals surface area contributed by atoms with E-state index in [0.717, 1.165) is 18.6 Å². The number of hydrazone groups is 1. The van der Waals surface area contributed by atoms with Crippen LogP contribution in [0.2, 0.25) is 0 Å². The van der Waals surface area contributed by atoms with Gasteiger partial charge in [-0.1, -0.05) is 12.2 Å². The summed E-state index contributed by atoms with van der Waals surface area (Å²) in [6, 6.07) is 5.47. The van der Waals surface area contributed by atoms with Crippen molar-refractivity contribution < 1.29 is 9.72 Å². The molecule has 0 aromatic heterocycles. The summed E-state index contributed by atoms with van der Waals surface area (Å²) >= 11 is 0. The fraction of sp³-hybridized carbons (Fsp3) is 0.286. The van der Waals surface area contributed by atoms with E-state index in [-0.39, 0.29) is 11.6 Å². The number of nitrogens with one attached hydrogen (secondary N) is 1. The molecule has 102 valence electrons. The standard InChI is InChI=1S/C14H13N3O3/c18-14(9-4-6-11(7-5-9)17(19)20)16-15-13-8-10-2-1-3-12(10)13/h1-2,4-7,10,12H,3,8H2,(H,16,18)/b15-13-. The molecule has 1 amide bonds. The minimum absolute atomic E-state index is 0.0354. The molecule has 1 fully saturated rings. The zero-order chi connectivity index (χ0) is 14.1. The van der Waals surface area contributed by atoms with Crippen LogP contribution in [0.3, 0.4) is 0 Å². The van der Waals surface area contributed by atoms with E-state index in [1.165, 1.54) is 24.3 Å². The molecule has 20 heavy (non-hydrogen) atoms. The highest BCUT2D eigenvalue weighted by Gasteiger charge is 2.37. The van der Waals surface area contributed by atoms with Gasteiger partial charge >= 0.3 is 0 Å². The number of hydrogen-bond acceptors (Lipinski definition) is 4. The quantitative estimate of drug-likeness (QED) is 0.520. The Morgan fingerprint density at radius 3 is 2.75 bits per heavy atom. The van der Waals surface area contributed by atoms with E-state index in [9.17, 15) is 14.9 Å². The Morgan fingerprint density at radius 1 is 1.35 bits per heavy atom. The van der Waals surface area contributed by atoms with Crippen LogP contribution in [-0.2, 0) is 0 Å². The third-order valence-corrected chi connectivity index (χ3v) is 3.80. The summed E-state index contributed by atoms with van der Waals surface area (Å²) in [5, 5.41) is 14.7. The van der Waals surface area contributed by atoms with Gasteiger partial charge in [0.1, 0.15) is 0 Å². The monoisotopic (exact) mass is 271 g/mol. The number of carbonyl (C=O) groups excluding carboxylic acids is 1. The topological polar surface area (TPSA) is 84.6 Å². The van der Waals surface area contributed by atoms with Gasteiger partial charge in [-0.3, -0.25) is 14.9 Å². The van der Waals surface area contributed by atoms with Crippen molar-refractivity contribution in [2.45, 2.75) is 12.8 Å². The number of benzene rings is 1. The van der Waals surface area contributed by atoms with Crippen molar-refractivity contribution in [3.05, 3.63) is 52.1 Å². The number of nitro groups is 1. The van der Waals surface area contributed by atoms with Crippen molar-refractivity contribution >= 4 is 17.3 Å². The first kappa shape index (κ1) is 12.5. The summed E-state index contributed by atoms with van der Waals surface area (Å²) in [5.41, 5.74) is 3.86. The Bertz CT molecular complexity index is 619. The van der Waals surface area contributed by atoms with Gasteiger partial charge in [-0.05, 0) is 30.9 Å². The molecule has 1 saturated carbocycles. The molecule has 3 rings (SSSR count). The normalized spacial score (nSPS) is 25.1. The Kier molecular flexibility index (Phi) is 3.06. The van der Waals surface area contributed by atoms with Crippen molar-refractivity contribution in [2.24, 2.45) is 16.9 Å². The van der Waals surface area contributed by atoms with Crippen LogP contribution >= 0.6 is 0 Å².